The van der Waals surface area contributed by atoms with E-state index < -0.39 is 0 Å². The summed E-state index contributed by atoms with van der Waals surface area (Å²) >= 11 is 0. The highest BCUT2D eigenvalue weighted by Crippen LogP contribution is 2.42. The molecule has 0 unspecified atom stereocenters. The van der Waals surface area contributed by atoms with Gasteiger partial charge in [-0.3, -0.25) is 9.78 Å². The second-order valence-corrected chi connectivity index (χ2v) is 8.54. The number of anilines is 1. The zero-order valence-corrected chi connectivity index (χ0v) is 16.9. The predicted octanol–water partition coefficient (Wildman–Crippen LogP) is 3.49. The number of imidazole rings is 1. The number of carbonyl (C=O) groups excluding carboxylic acids is 1. The van der Waals surface area contributed by atoms with E-state index in [-0.39, 0.29) is 5.91 Å². The maximum Gasteiger partial charge on any atom is 0.253 e. The second-order valence-electron chi connectivity index (χ2n) is 8.54. The number of fused-ring (bicyclic) bond motifs is 1. The van der Waals surface area contributed by atoms with Gasteiger partial charge in [-0.25, -0.2) is 4.98 Å². The van der Waals surface area contributed by atoms with Crippen LogP contribution < -0.4 is 4.90 Å². The number of benzene rings is 1. The van der Waals surface area contributed by atoms with E-state index in [4.69, 9.17) is 0 Å². The van der Waals surface area contributed by atoms with E-state index in [2.05, 4.69) is 27.0 Å². The van der Waals surface area contributed by atoms with Crippen molar-refractivity contribution in [3.05, 3.63) is 54.6 Å². The van der Waals surface area contributed by atoms with Crippen molar-refractivity contribution in [2.75, 3.05) is 31.1 Å². The molecule has 2 saturated heterocycles. The van der Waals surface area contributed by atoms with Gasteiger partial charge in [-0.1, -0.05) is 0 Å². The molecule has 0 atom stereocenters. The normalized spacial score (nSPS) is 19.1. The van der Waals surface area contributed by atoms with Crippen molar-refractivity contribution in [1.82, 2.24) is 19.4 Å². The molecule has 29 heavy (non-hydrogen) atoms. The molecule has 1 aromatic carbocycles. The van der Waals surface area contributed by atoms with E-state index in [0.717, 1.165) is 55.6 Å². The fourth-order valence-electron chi connectivity index (χ4n) is 4.92. The number of nitrogens with zero attached hydrogens (tertiary/aromatic N) is 5. The molecule has 2 aliphatic rings. The third-order valence-corrected chi connectivity index (χ3v) is 6.94. The molecular formula is C23H27N5O. The molecule has 3 aromatic rings. The Morgan fingerprint density at radius 2 is 1.66 bits per heavy atom. The average Bonchev–Trinajstić information content (AvgIpc) is 3.15. The number of hydrogen-bond donors (Lipinski definition) is 0. The molecule has 0 N–H and O–H groups in total. The number of pyridine rings is 1. The Bertz CT molecular complexity index is 1010. The van der Waals surface area contributed by atoms with Gasteiger partial charge in [0.2, 0.25) is 0 Å². The number of hydrogen-bond acceptors (Lipinski definition) is 4. The highest BCUT2D eigenvalue weighted by molar-refractivity contribution is 5.97. The number of amides is 1. The Labute approximate surface area is 171 Å². The molecule has 1 amide bonds. The first-order valence-corrected chi connectivity index (χ1v) is 10.5. The molecule has 2 fully saturated rings. The van der Waals surface area contributed by atoms with Gasteiger partial charge in [0.15, 0.2) is 0 Å². The lowest BCUT2D eigenvalue weighted by molar-refractivity contribution is 0.0515. The number of piperidine rings is 2. The van der Waals surface area contributed by atoms with Crippen LogP contribution in [0.15, 0.2) is 49.1 Å². The maximum atomic E-state index is 13.1. The van der Waals surface area contributed by atoms with Crippen LogP contribution in [0.4, 0.5) is 5.69 Å². The van der Waals surface area contributed by atoms with Gasteiger partial charge in [0.1, 0.15) is 0 Å². The third kappa shape index (κ3) is 3.37. The van der Waals surface area contributed by atoms with Gasteiger partial charge in [-0.05, 0) is 61.4 Å². The Hall–Kier alpha value is -2.89. The van der Waals surface area contributed by atoms with E-state index >= 15 is 0 Å². The van der Waals surface area contributed by atoms with Crippen molar-refractivity contribution in [3.63, 3.8) is 0 Å². The van der Waals surface area contributed by atoms with Crippen LogP contribution in [0.2, 0.25) is 0 Å². The topological polar surface area (TPSA) is 54.3 Å². The summed E-state index contributed by atoms with van der Waals surface area (Å²) < 4.78 is 1.97. The van der Waals surface area contributed by atoms with E-state index in [1.165, 1.54) is 18.5 Å². The largest absolute Gasteiger partial charge is 0.371 e. The summed E-state index contributed by atoms with van der Waals surface area (Å²) in [4.78, 5) is 26.0. The van der Waals surface area contributed by atoms with Gasteiger partial charge in [0.25, 0.3) is 5.91 Å². The van der Waals surface area contributed by atoms with Gasteiger partial charge in [0.05, 0.1) is 17.4 Å². The molecular weight excluding hydrogens is 362 g/mol. The molecule has 2 aliphatic heterocycles. The standard InChI is InChI=1S/C23H27N5O/c1-26-17-25-20-3-2-18(16-21(20)26)22(29)28-14-8-23(9-15-28)6-12-27(13-7-23)19-4-10-24-11-5-19/h2-5,10-11,16-17H,6-9,12-15H2,1H3. The minimum absolute atomic E-state index is 0.150. The Morgan fingerprint density at radius 1 is 0.966 bits per heavy atom. The zero-order chi connectivity index (χ0) is 19.8. The summed E-state index contributed by atoms with van der Waals surface area (Å²) in [6, 6.07) is 10.0. The van der Waals surface area contributed by atoms with Crippen LogP contribution in [-0.2, 0) is 7.05 Å². The van der Waals surface area contributed by atoms with Crippen LogP contribution >= 0.6 is 0 Å². The first-order valence-electron chi connectivity index (χ1n) is 10.5. The highest BCUT2D eigenvalue weighted by atomic mass is 16.2. The summed E-state index contributed by atoms with van der Waals surface area (Å²) in [5, 5.41) is 0. The quantitative estimate of drug-likeness (QED) is 0.673. The lowest BCUT2D eigenvalue weighted by atomic mass is 9.71. The summed E-state index contributed by atoms with van der Waals surface area (Å²) in [6.45, 7) is 3.90. The monoisotopic (exact) mass is 389 g/mol. The summed E-state index contributed by atoms with van der Waals surface area (Å²) in [6.07, 6.45) is 10.2. The van der Waals surface area contributed by atoms with E-state index in [1.54, 1.807) is 6.33 Å². The molecule has 0 bridgehead atoms. The first-order chi connectivity index (χ1) is 14.1. The Balaban J connectivity index is 1.22. The van der Waals surface area contributed by atoms with Gasteiger partial charge < -0.3 is 14.4 Å². The molecule has 6 nitrogen and oxygen atoms in total. The number of carbonyl (C=O) groups is 1. The number of aryl methyl sites for hydroxylation is 1. The second kappa shape index (κ2) is 7.17. The van der Waals surface area contributed by atoms with Gasteiger partial charge in [0, 0.05) is 56.9 Å². The lowest BCUT2D eigenvalue weighted by Gasteiger charge is -2.47. The minimum atomic E-state index is 0.150. The predicted molar refractivity (Wildman–Crippen MR) is 114 cm³/mol. The van der Waals surface area contributed by atoms with Crippen molar-refractivity contribution in [3.8, 4) is 0 Å². The molecule has 0 saturated carbocycles. The number of aromatic nitrogens is 3. The Kier molecular flexibility index (Phi) is 4.49. The summed E-state index contributed by atoms with van der Waals surface area (Å²) in [5.74, 6) is 0.150. The van der Waals surface area contributed by atoms with Gasteiger partial charge >= 0.3 is 0 Å². The fraction of sp³-hybridized carbons (Fsp3) is 0.435. The van der Waals surface area contributed by atoms with Crippen LogP contribution in [-0.4, -0.2) is 51.5 Å². The van der Waals surface area contributed by atoms with Crippen molar-refractivity contribution < 1.29 is 4.79 Å². The molecule has 1 spiro atoms. The first kappa shape index (κ1) is 18.2. The van der Waals surface area contributed by atoms with E-state index in [9.17, 15) is 4.79 Å². The maximum absolute atomic E-state index is 13.1. The smallest absolute Gasteiger partial charge is 0.253 e. The SMILES string of the molecule is Cn1cnc2ccc(C(=O)N3CCC4(CC3)CCN(c3ccncc3)CC4)cc21. The van der Waals surface area contributed by atoms with Crippen molar-refractivity contribution >= 4 is 22.6 Å². The van der Waals surface area contributed by atoms with Crippen molar-refractivity contribution in [2.24, 2.45) is 12.5 Å². The fourth-order valence-corrected chi connectivity index (χ4v) is 4.92. The van der Waals surface area contributed by atoms with E-state index in [1.807, 2.05) is 47.1 Å². The van der Waals surface area contributed by atoms with Gasteiger partial charge in [-0.2, -0.15) is 0 Å². The molecule has 6 heteroatoms. The summed E-state index contributed by atoms with van der Waals surface area (Å²) in [7, 11) is 1.96. The molecule has 5 rings (SSSR count). The Morgan fingerprint density at radius 3 is 2.38 bits per heavy atom. The number of likely N-dealkylation sites (tertiary alicyclic amines) is 1. The number of rotatable bonds is 2. The molecule has 2 aromatic heterocycles. The third-order valence-electron chi connectivity index (χ3n) is 6.94. The van der Waals surface area contributed by atoms with E-state index in [0.29, 0.717) is 5.41 Å². The van der Waals surface area contributed by atoms with Crippen molar-refractivity contribution in [2.45, 2.75) is 25.7 Å². The molecule has 0 aliphatic carbocycles. The van der Waals surface area contributed by atoms with Gasteiger partial charge in [-0.15, -0.1) is 0 Å². The van der Waals surface area contributed by atoms with Crippen LogP contribution in [0.1, 0.15) is 36.0 Å². The summed E-state index contributed by atoms with van der Waals surface area (Å²) in [5.41, 5.74) is 4.37. The minimum Gasteiger partial charge on any atom is -0.371 e. The molecule has 4 heterocycles. The van der Waals surface area contributed by atoms with Crippen LogP contribution in [0, 0.1) is 5.41 Å². The highest BCUT2D eigenvalue weighted by Gasteiger charge is 2.38. The van der Waals surface area contributed by atoms with Crippen LogP contribution in [0.5, 0.6) is 0 Å². The van der Waals surface area contributed by atoms with Crippen molar-refractivity contribution in [1.29, 1.82) is 0 Å². The zero-order valence-electron chi connectivity index (χ0n) is 16.9. The lowest BCUT2D eigenvalue weighted by Crippen LogP contribution is -2.48. The van der Waals surface area contributed by atoms with Crippen LogP contribution in [0.3, 0.4) is 0 Å². The average molecular weight is 390 g/mol. The molecule has 150 valence electrons. The van der Waals surface area contributed by atoms with Crippen LogP contribution in [0.25, 0.3) is 11.0 Å². The molecule has 0 radical (unpaired) electrons.